The maximum absolute atomic E-state index is 13.0. The molecule has 0 unspecified atom stereocenters. The van der Waals surface area contributed by atoms with E-state index >= 15 is 0 Å². The van der Waals surface area contributed by atoms with Gasteiger partial charge in [-0.1, -0.05) is 12.1 Å². The average molecular weight is 469 g/mol. The highest BCUT2D eigenvalue weighted by Crippen LogP contribution is 2.27. The molecular weight excluding hydrogens is 448 g/mol. The number of amides is 1. The zero-order valence-corrected chi connectivity index (χ0v) is 19.3. The monoisotopic (exact) mass is 468 g/mol. The van der Waals surface area contributed by atoms with E-state index in [0.717, 1.165) is 17.0 Å². The lowest BCUT2D eigenvalue weighted by atomic mass is 10.2. The van der Waals surface area contributed by atoms with Crippen molar-refractivity contribution in [2.75, 3.05) is 12.4 Å². The second-order valence-corrected chi connectivity index (χ2v) is 8.44. The number of aromatic nitrogens is 3. The van der Waals surface area contributed by atoms with Crippen LogP contribution in [0.4, 0.5) is 5.13 Å². The summed E-state index contributed by atoms with van der Waals surface area (Å²) in [5.74, 6) is 1.07. The summed E-state index contributed by atoms with van der Waals surface area (Å²) in [5, 5.41) is 5.78. The molecule has 3 aromatic carbocycles. The van der Waals surface area contributed by atoms with Crippen molar-refractivity contribution in [2.24, 2.45) is 0 Å². The summed E-state index contributed by atoms with van der Waals surface area (Å²) in [5.41, 5.74) is 3.34. The lowest BCUT2D eigenvalue weighted by Gasteiger charge is -2.11. The van der Waals surface area contributed by atoms with E-state index in [4.69, 9.17) is 4.74 Å². The fraction of sp³-hybridized carbons (Fsp3) is 0.0769. The number of carbonyl (C=O) groups excluding carboxylic acids is 1. The normalized spacial score (nSPS) is 10.9. The number of benzene rings is 3. The first-order chi connectivity index (χ1) is 16.5. The van der Waals surface area contributed by atoms with Gasteiger partial charge in [0, 0.05) is 16.5 Å². The number of anilines is 1. The van der Waals surface area contributed by atoms with Crippen LogP contribution in [0.3, 0.4) is 0 Å². The summed E-state index contributed by atoms with van der Waals surface area (Å²) in [6.45, 7) is 1.79. The van der Waals surface area contributed by atoms with Gasteiger partial charge in [-0.15, -0.1) is 11.3 Å². The van der Waals surface area contributed by atoms with Gasteiger partial charge in [-0.2, -0.15) is 0 Å². The van der Waals surface area contributed by atoms with Crippen molar-refractivity contribution in [2.45, 2.75) is 6.92 Å². The van der Waals surface area contributed by atoms with Crippen LogP contribution in [0.2, 0.25) is 0 Å². The van der Waals surface area contributed by atoms with E-state index in [-0.39, 0.29) is 11.5 Å². The van der Waals surface area contributed by atoms with Gasteiger partial charge >= 0.3 is 0 Å². The molecule has 7 nitrogen and oxygen atoms in total. The summed E-state index contributed by atoms with van der Waals surface area (Å²) in [4.78, 5) is 34.8. The number of ether oxygens (including phenoxy) is 1. The second-order valence-electron chi connectivity index (χ2n) is 7.58. The summed E-state index contributed by atoms with van der Waals surface area (Å²) >= 11 is 1.35. The average Bonchev–Trinajstić information content (AvgIpc) is 3.33. The standard InChI is InChI=1S/C26H20N4O3S/c1-16-27-22-6-4-3-5-21(22)25(32)30(16)19-11-7-18(8-12-19)24(31)29-26-28-23(15-34-26)17-9-13-20(33-2)14-10-17/h3-15H,1-2H3,(H,28,29,31). The van der Waals surface area contributed by atoms with Crippen LogP contribution in [0.25, 0.3) is 27.8 Å². The number of nitrogens with zero attached hydrogens (tertiary/aromatic N) is 3. The number of nitrogens with one attached hydrogen (secondary N) is 1. The third-order valence-corrected chi connectivity index (χ3v) is 6.20. The van der Waals surface area contributed by atoms with E-state index in [1.807, 2.05) is 47.8 Å². The van der Waals surface area contributed by atoms with Gasteiger partial charge in [0.25, 0.3) is 11.5 Å². The predicted octanol–water partition coefficient (Wildman–Crippen LogP) is 5.08. The van der Waals surface area contributed by atoms with Gasteiger partial charge in [-0.05, 0) is 67.6 Å². The van der Waals surface area contributed by atoms with Gasteiger partial charge in [0.2, 0.25) is 0 Å². The van der Waals surface area contributed by atoms with E-state index in [2.05, 4.69) is 15.3 Å². The molecule has 0 atom stereocenters. The zero-order valence-electron chi connectivity index (χ0n) is 18.5. The van der Waals surface area contributed by atoms with Crippen LogP contribution < -0.4 is 15.6 Å². The highest BCUT2D eigenvalue weighted by molar-refractivity contribution is 7.14. The molecule has 168 valence electrons. The van der Waals surface area contributed by atoms with E-state index in [0.29, 0.717) is 33.1 Å². The minimum atomic E-state index is -0.275. The Morgan fingerprint density at radius 1 is 0.971 bits per heavy atom. The first-order valence-corrected chi connectivity index (χ1v) is 11.4. The maximum atomic E-state index is 13.0. The number of methoxy groups -OCH3 is 1. The smallest absolute Gasteiger partial charge is 0.265 e. The van der Waals surface area contributed by atoms with Crippen molar-refractivity contribution in [1.29, 1.82) is 0 Å². The highest BCUT2D eigenvalue weighted by Gasteiger charge is 2.13. The Balaban J connectivity index is 1.35. The molecule has 0 saturated heterocycles. The molecule has 0 fully saturated rings. The highest BCUT2D eigenvalue weighted by atomic mass is 32.1. The van der Waals surface area contributed by atoms with Crippen LogP contribution >= 0.6 is 11.3 Å². The third kappa shape index (κ3) is 4.06. The molecule has 2 heterocycles. The van der Waals surface area contributed by atoms with E-state index in [9.17, 15) is 9.59 Å². The Morgan fingerprint density at radius 2 is 1.71 bits per heavy atom. The number of hydrogen-bond donors (Lipinski definition) is 1. The van der Waals surface area contributed by atoms with E-state index in [1.54, 1.807) is 48.9 Å². The Kier molecular flexibility index (Phi) is 5.65. The van der Waals surface area contributed by atoms with Crippen LogP contribution in [0.15, 0.2) is 83.0 Å². The molecule has 2 aromatic heterocycles. The van der Waals surface area contributed by atoms with Gasteiger partial charge in [0.05, 0.1) is 29.4 Å². The summed E-state index contributed by atoms with van der Waals surface area (Å²) in [6, 6.07) is 21.7. The fourth-order valence-electron chi connectivity index (χ4n) is 3.70. The molecule has 34 heavy (non-hydrogen) atoms. The molecule has 0 radical (unpaired) electrons. The molecule has 1 amide bonds. The van der Waals surface area contributed by atoms with Crippen molar-refractivity contribution in [3.8, 4) is 22.7 Å². The Hall–Kier alpha value is -4.30. The number of aryl methyl sites for hydroxylation is 1. The lowest BCUT2D eigenvalue weighted by Crippen LogP contribution is -2.22. The van der Waals surface area contributed by atoms with Crippen molar-refractivity contribution >= 4 is 33.3 Å². The number of para-hydroxylation sites is 1. The molecular formula is C26H20N4O3S. The van der Waals surface area contributed by atoms with Crippen LogP contribution in [0.5, 0.6) is 5.75 Å². The number of rotatable bonds is 5. The molecule has 8 heteroatoms. The Bertz CT molecular complexity index is 1550. The van der Waals surface area contributed by atoms with E-state index in [1.165, 1.54) is 11.3 Å². The molecule has 5 rings (SSSR count). The van der Waals surface area contributed by atoms with Gasteiger partial charge in [-0.3, -0.25) is 19.5 Å². The minimum absolute atomic E-state index is 0.144. The zero-order chi connectivity index (χ0) is 23.7. The number of thiazole rings is 1. The Morgan fingerprint density at radius 3 is 2.44 bits per heavy atom. The van der Waals surface area contributed by atoms with Crippen molar-refractivity contribution in [1.82, 2.24) is 14.5 Å². The van der Waals surface area contributed by atoms with Crippen LogP contribution in [0, 0.1) is 6.92 Å². The topological polar surface area (TPSA) is 86.1 Å². The number of hydrogen-bond acceptors (Lipinski definition) is 6. The van der Waals surface area contributed by atoms with Gasteiger partial charge in [0.1, 0.15) is 11.6 Å². The summed E-state index contributed by atoms with van der Waals surface area (Å²) in [7, 11) is 1.62. The second kappa shape index (κ2) is 8.92. The quantitative estimate of drug-likeness (QED) is 0.389. The van der Waals surface area contributed by atoms with Crippen LogP contribution in [-0.2, 0) is 0 Å². The molecule has 5 aromatic rings. The minimum Gasteiger partial charge on any atom is -0.497 e. The molecule has 0 spiro atoms. The maximum Gasteiger partial charge on any atom is 0.265 e. The first kappa shape index (κ1) is 21.5. The van der Waals surface area contributed by atoms with Gasteiger partial charge in [-0.25, -0.2) is 9.97 Å². The molecule has 1 N–H and O–H groups in total. The van der Waals surface area contributed by atoms with Crippen LogP contribution in [-0.4, -0.2) is 27.6 Å². The number of fused-ring (bicyclic) bond motifs is 1. The summed E-state index contributed by atoms with van der Waals surface area (Å²) < 4.78 is 6.73. The van der Waals surface area contributed by atoms with Crippen molar-refractivity contribution < 1.29 is 9.53 Å². The van der Waals surface area contributed by atoms with Crippen molar-refractivity contribution in [3.63, 3.8) is 0 Å². The Labute approximate surface area is 199 Å². The summed E-state index contributed by atoms with van der Waals surface area (Å²) in [6.07, 6.45) is 0. The SMILES string of the molecule is COc1ccc(-c2csc(NC(=O)c3ccc(-n4c(C)nc5ccccc5c4=O)cc3)n2)cc1. The van der Waals surface area contributed by atoms with Gasteiger partial charge in [0.15, 0.2) is 5.13 Å². The molecule has 0 bridgehead atoms. The predicted molar refractivity (Wildman–Crippen MR) is 134 cm³/mol. The molecule has 0 aliphatic rings. The molecule has 0 saturated carbocycles. The third-order valence-electron chi connectivity index (χ3n) is 5.44. The van der Waals surface area contributed by atoms with Gasteiger partial charge < -0.3 is 4.74 Å². The lowest BCUT2D eigenvalue weighted by molar-refractivity contribution is 0.102. The molecule has 0 aliphatic heterocycles. The van der Waals surface area contributed by atoms with Crippen molar-refractivity contribution in [3.05, 3.63) is 99.9 Å². The first-order valence-electron chi connectivity index (χ1n) is 10.5. The number of carbonyl (C=O) groups is 1. The van der Waals surface area contributed by atoms with E-state index < -0.39 is 0 Å². The molecule has 0 aliphatic carbocycles. The fourth-order valence-corrected chi connectivity index (χ4v) is 4.42. The largest absolute Gasteiger partial charge is 0.497 e. The van der Waals surface area contributed by atoms with Crippen LogP contribution in [0.1, 0.15) is 16.2 Å².